The minimum Gasteiger partial charge on any atom is -0.403 e. The van der Waals surface area contributed by atoms with Crippen molar-refractivity contribution < 1.29 is 0 Å². The van der Waals surface area contributed by atoms with E-state index in [-0.39, 0.29) is 0 Å². The average molecular weight is 158 g/mol. The summed E-state index contributed by atoms with van der Waals surface area (Å²) in [6.45, 7) is 2.33. The first-order valence-electron chi connectivity index (χ1n) is 3.52. The van der Waals surface area contributed by atoms with Crippen molar-refractivity contribution in [2.45, 2.75) is 11.7 Å². The van der Waals surface area contributed by atoms with Crippen molar-refractivity contribution in [1.29, 1.82) is 0 Å². The number of nitrogens with two attached hydrogens (primary N) is 1. The van der Waals surface area contributed by atoms with Crippen LogP contribution in [0.15, 0.2) is 12.4 Å². The summed E-state index contributed by atoms with van der Waals surface area (Å²) < 4.78 is 0. The summed E-state index contributed by atoms with van der Waals surface area (Å²) in [7, 11) is 0. The smallest absolute Gasteiger partial charge is 0.0292 e. The minimum atomic E-state index is 0.816. The fourth-order valence-corrected chi connectivity index (χ4v) is 1.89. The van der Waals surface area contributed by atoms with Gasteiger partial charge in [0.25, 0.3) is 0 Å². The number of hydrogen-bond acceptors (Lipinski definition) is 3. The van der Waals surface area contributed by atoms with Gasteiger partial charge in [0.05, 0.1) is 0 Å². The maximum atomic E-state index is 5.27. The summed E-state index contributed by atoms with van der Waals surface area (Å²) in [5.74, 6) is 0. The van der Waals surface area contributed by atoms with Crippen LogP contribution in [0.4, 0.5) is 0 Å². The molecule has 1 heterocycles. The number of likely N-dealkylation sites (tertiary alicyclic amines) is 1. The summed E-state index contributed by atoms with van der Waals surface area (Å²) >= 11 is 1.95. The molecule has 1 aliphatic rings. The van der Waals surface area contributed by atoms with Gasteiger partial charge in [-0.2, -0.15) is 11.8 Å². The van der Waals surface area contributed by atoms with E-state index >= 15 is 0 Å². The van der Waals surface area contributed by atoms with Gasteiger partial charge in [-0.1, -0.05) is 0 Å². The molecular weight excluding hydrogens is 144 g/mol. The highest BCUT2D eigenvalue weighted by Gasteiger charge is 2.17. The first kappa shape index (κ1) is 7.79. The van der Waals surface area contributed by atoms with Crippen molar-refractivity contribution in [1.82, 2.24) is 4.90 Å². The summed E-state index contributed by atoms with van der Waals surface area (Å²) in [4.78, 5) is 2.27. The third-order valence-electron chi connectivity index (χ3n) is 1.81. The molecule has 0 aromatic heterocycles. The molecule has 1 aliphatic heterocycles. The third kappa shape index (κ3) is 1.84. The van der Waals surface area contributed by atoms with Gasteiger partial charge in [0.1, 0.15) is 0 Å². The molecule has 1 fully saturated rings. The Balaban J connectivity index is 2.28. The average Bonchev–Trinajstić information content (AvgIpc) is 2.37. The monoisotopic (exact) mass is 158 g/mol. The van der Waals surface area contributed by atoms with Crippen LogP contribution in [-0.4, -0.2) is 29.5 Å². The van der Waals surface area contributed by atoms with Crippen molar-refractivity contribution in [2.75, 3.05) is 19.3 Å². The van der Waals surface area contributed by atoms with Crippen molar-refractivity contribution in [3.8, 4) is 0 Å². The number of thioether (sulfide) groups is 1. The SMILES string of the molecule is CSC1CCN(/C=C\N)C1. The Labute approximate surface area is 66.5 Å². The molecular formula is C7H14N2S. The molecule has 58 valence electrons. The van der Waals surface area contributed by atoms with Gasteiger partial charge >= 0.3 is 0 Å². The highest BCUT2D eigenvalue weighted by atomic mass is 32.2. The number of rotatable bonds is 2. The van der Waals surface area contributed by atoms with Gasteiger partial charge in [0.2, 0.25) is 0 Å². The highest BCUT2D eigenvalue weighted by molar-refractivity contribution is 7.99. The van der Waals surface area contributed by atoms with Crippen LogP contribution in [0.2, 0.25) is 0 Å². The quantitative estimate of drug-likeness (QED) is 0.646. The molecule has 0 spiro atoms. The van der Waals surface area contributed by atoms with Crippen LogP contribution in [0.25, 0.3) is 0 Å². The highest BCUT2D eigenvalue weighted by Crippen LogP contribution is 2.19. The lowest BCUT2D eigenvalue weighted by Gasteiger charge is -2.10. The predicted molar refractivity (Wildman–Crippen MR) is 46.8 cm³/mol. The largest absolute Gasteiger partial charge is 0.403 e. The maximum absolute atomic E-state index is 5.27. The molecule has 10 heavy (non-hydrogen) atoms. The normalized spacial score (nSPS) is 26.5. The predicted octanol–water partition coefficient (Wildman–Crippen LogP) is 0.854. The van der Waals surface area contributed by atoms with Gasteiger partial charge in [-0.3, -0.25) is 0 Å². The van der Waals surface area contributed by atoms with E-state index in [1.165, 1.54) is 13.0 Å². The van der Waals surface area contributed by atoms with Crippen LogP contribution in [0.3, 0.4) is 0 Å². The van der Waals surface area contributed by atoms with Crippen LogP contribution in [0, 0.1) is 0 Å². The molecule has 0 aliphatic carbocycles. The van der Waals surface area contributed by atoms with E-state index in [1.807, 2.05) is 18.0 Å². The van der Waals surface area contributed by atoms with Gasteiger partial charge in [0, 0.05) is 30.7 Å². The van der Waals surface area contributed by atoms with E-state index in [0.717, 1.165) is 11.8 Å². The Morgan fingerprint density at radius 2 is 2.50 bits per heavy atom. The Bertz CT molecular complexity index is 125. The fourth-order valence-electron chi connectivity index (χ4n) is 1.20. The van der Waals surface area contributed by atoms with Gasteiger partial charge < -0.3 is 10.6 Å². The Morgan fingerprint density at radius 3 is 3.00 bits per heavy atom. The minimum absolute atomic E-state index is 0.816. The lowest BCUT2D eigenvalue weighted by molar-refractivity contribution is 0.468. The van der Waals surface area contributed by atoms with E-state index in [1.54, 1.807) is 6.20 Å². The summed E-state index contributed by atoms with van der Waals surface area (Å²) in [6, 6.07) is 0. The summed E-state index contributed by atoms with van der Waals surface area (Å²) in [5, 5.41) is 0.816. The standard InChI is InChI=1S/C7H14N2S/c1-10-7-2-4-9(6-7)5-3-8/h3,5,7H,2,4,6,8H2,1H3/b5-3-. The second kappa shape index (κ2) is 3.76. The van der Waals surface area contributed by atoms with Crippen LogP contribution in [0.1, 0.15) is 6.42 Å². The molecule has 0 aromatic rings. The van der Waals surface area contributed by atoms with Gasteiger partial charge in [0.15, 0.2) is 0 Å². The third-order valence-corrected chi connectivity index (χ3v) is 2.86. The van der Waals surface area contributed by atoms with E-state index < -0.39 is 0 Å². The van der Waals surface area contributed by atoms with Gasteiger partial charge in [-0.05, 0) is 12.7 Å². The van der Waals surface area contributed by atoms with Crippen LogP contribution >= 0.6 is 11.8 Å². The Morgan fingerprint density at radius 1 is 1.70 bits per heavy atom. The van der Waals surface area contributed by atoms with Gasteiger partial charge in [-0.15, -0.1) is 0 Å². The molecule has 1 saturated heterocycles. The Kier molecular flexibility index (Phi) is 2.93. The van der Waals surface area contributed by atoms with Crippen LogP contribution in [-0.2, 0) is 0 Å². The molecule has 0 saturated carbocycles. The van der Waals surface area contributed by atoms with Crippen molar-refractivity contribution >= 4 is 11.8 Å². The van der Waals surface area contributed by atoms with Crippen molar-refractivity contribution in [3.63, 3.8) is 0 Å². The van der Waals surface area contributed by atoms with Gasteiger partial charge in [-0.25, -0.2) is 0 Å². The molecule has 0 radical (unpaired) electrons. The fraction of sp³-hybridized carbons (Fsp3) is 0.714. The second-order valence-electron chi connectivity index (χ2n) is 2.48. The maximum Gasteiger partial charge on any atom is 0.0292 e. The summed E-state index contributed by atoms with van der Waals surface area (Å²) in [5.41, 5.74) is 5.27. The molecule has 2 N–H and O–H groups in total. The zero-order valence-electron chi connectivity index (χ0n) is 6.29. The number of nitrogens with zero attached hydrogens (tertiary/aromatic N) is 1. The molecule has 2 nitrogen and oxygen atoms in total. The number of hydrogen-bond donors (Lipinski definition) is 1. The van der Waals surface area contributed by atoms with Crippen molar-refractivity contribution in [3.05, 3.63) is 12.4 Å². The lowest BCUT2D eigenvalue weighted by atomic mass is 10.4. The first-order valence-corrected chi connectivity index (χ1v) is 4.81. The molecule has 1 atom stereocenters. The van der Waals surface area contributed by atoms with E-state index in [9.17, 15) is 0 Å². The summed E-state index contributed by atoms with van der Waals surface area (Å²) in [6.07, 6.45) is 7.05. The molecule has 0 amide bonds. The van der Waals surface area contributed by atoms with Crippen molar-refractivity contribution in [2.24, 2.45) is 5.73 Å². The molecule has 3 heteroatoms. The van der Waals surface area contributed by atoms with E-state index in [2.05, 4.69) is 11.2 Å². The van der Waals surface area contributed by atoms with Crippen LogP contribution in [0.5, 0.6) is 0 Å². The zero-order valence-corrected chi connectivity index (χ0v) is 7.10. The molecule has 0 aromatic carbocycles. The molecule has 1 rings (SSSR count). The van der Waals surface area contributed by atoms with E-state index in [0.29, 0.717) is 0 Å². The lowest BCUT2D eigenvalue weighted by Crippen LogP contribution is -2.14. The molecule has 1 unspecified atom stereocenters. The molecule has 0 bridgehead atoms. The topological polar surface area (TPSA) is 29.3 Å². The Hall–Kier alpha value is -0.310. The first-order chi connectivity index (χ1) is 4.86. The van der Waals surface area contributed by atoms with Crippen LogP contribution < -0.4 is 5.73 Å². The zero-order chi connectivity index (χ0) is 7.40. The van der Waals surface area contributed by atoms with E-state index in [4.69, 9.17) is 5.73 Å². The second-order valence-corrected chi connectivity index (χ2v) is 3.62.